The highest BCUT2D eigenvalue weighted by Crippen LogP contribution is 2.24. The van der Waals surface area contributed by atoms with E-state index in [0.717, 1.165) is 13.1 Å². The average Bonchev–Trinajstić information content (AvgIpc) is 2.63. The maximum atomic E-state index is 12.3. The van der Waals surface area contributed by atoms with Crippen LogP contribution in [-0.2, 0) is 0 Å². The van der Waals surface area contributed by atoms with E-state index in [1.807, 2.05) is 18.2 Å². The Morgan fingerprint density at radius 3 is 2.50 bits per heavy atom. The van der Waals surface area contributed by atoms with Crippen molar-refractivity contribution in [3.8, 4) is 0 Å². The van der Waals surface area contributed by atoms with E-state index in [0.29, 0.717) is 12.2 Å². The molecule has 1 aliphatic rings. The SMILES string of the molecule is O=C(NC[C@@H](c1ccccc1)N1CCCCC1)c1cccc(=O)[nH]1. The van der Waals surface area contributed by atoms with Crippen LogP contribution in [0.1, 0.15) is 41.4 Å². The van der Waals surface area contributed by atoms with E-state index in [1.54, 1.807) is 12.1 Å². The van der Waals surface area contributed by atoms with Crippen molar-refractivity contribution in [2.45, 2.75) is 25.3 Å². The zero-order chi connectivity index (χ0) is 16.8. The van der Waals surface area contributed by atoms with Crippen molar-refractivity contribution in [2.75, 3.05) is 19.6 Å². The van der Waals surface area contributed by atoms with Crippen LogP contribution >= 0.6 is 0 Å². The molecule has 1 amide bonds. The quantitative estimate of drug-likeness (QED) is 0.887. The van der Waals surface area contributed by atoms with Crippen molar-refractivity contribution in [3.63, 3.8) is 0 Å². The van der Waals surface area contributed by atoms with Crippen LogP contribution in [0.4, 0.5) is 0 Å². The molecular weight excluding hydrogens is 302 g/mol. The summed E-state index contributed by atoms with van der Waals surface area (Å²) in [6.07, 6.45) is 3.67. The van der Waals surface area contributed by atoms with Crippen LogP contribution < -0.4 is 10.9 Å². The minimum atomic E-state index is -0.265. The average molecular weight is 325 g/mol. The number of hydrogen-bond acceptors (Lipinski definition) is 3. The monoisotopic (exact) mass is 325 g/mol. The third kappa shape index (κ3) is 4.11. The lowest BCUT2D eigenvalue weighted by molar-refractivity contribution is 0.0919. The van der Waals surface area contributed by atoms with E-state index in [4.69, 9.17) is 0 Å². The molecule has 24 heavy (non-hydrogen) atoms. The largest absolute Gasteiger partial charge is 0.349 e. The number of carbonyl (C=O) groups excluding carboxylic acids is 1. The first-order valence-corrected chi connectivity index (χ1v) is 8.50. The Morgan fingerprint density at radius 1 is 1.04 bits per heavy atom. The lowest BCUT2D eigenvalue weighted by atomic mass is 10.0. The van der Waals surface area contributed by atoms with E-state index in [9.17, 15) is 9.59 Å². The Hall–Kier alpha value is -2.40. The van der Waals surface area contributed by atoms with Gasteiger partial charge >= 0.3 is 0 Å². The van der Waals surface area contributed by atoms with Crippen molar-refractivity contribution < 1.29 is 4.79 Å². The molecule has 0 aliphatic carbocycles. The predicted octanol–water partition coefficient (Wildman–Crippen LogP) is 2.33. The minimum Gasteiger partial charge on any atom is -0.349 e. The smallest absolute Gasteiger partial charge is 0.267 e. The minimum absolute atomic E-state index is 0.158. The number of nitrogens with zero attached hydrogens (tertiary/aromatic N) is 1. The molecule has 1 aromatic carbocycles. The second-order valence-corrected chi connectivity index (χ2v) is 6.16. The number of rotatable bonds is 5. The Labute approximate surface area is 141 Å². The maximum Gasteiger partial charge on any atom is 0.267 e. The van der Waals surface area contributed by atoms with Gasteiger partial charge in [-0.15, -0.1) is 0 Å². The lowest BCUT2D eigenvalue weighted by Gasteiger charge is -2.35. The molecule has 5 nitrogen and oxygen atoms in total. The van der Waals surface area contributed by atoms with Crippen molar-refractivity contribution in [1.29, 1.82) is 0 Å². The summed E-state index contributed by atoms with van der Waals surface area (Å²) in [5.41, 5.74) is 1.24. The maximum absolute atomic E-state index is 12.3. The van der Waals surface area contributed by atoms with Crippen LogP contribution in [0, 0.1) is 0 Å². The molecule has 3 rings (SSSR count). The topological polar surface area (TPSA) is 65.2 Å². The molecule has 2 aromatic rings. The lowest BCUT2D eigenvalue weighted by Crippen LogP contribution is -2.41. The summed E-state index contributed by atoms with van der Waals surface area (Å²) in [5, 5.41) is 2.97. The molecule has 1 aromatic heterocycles. The third-order valence-electron chi connectivity index (χ3n) is 4.48. The highest BCUT2D eigenvalue weighted by Gasteiger charge is 2.22. The van der Waals surface area contributed by atoms with Crippen LogP contribution in [0.25, 0.3) is 0 Å². The normalized spacial score (nSPS) is 16.5. The summed E-state index contributed by atoms with van der Waals surface area (Å²) in [6.45, 7) is 2.63. The molecule has 1 fully saturated rings. The number of H-pyrrole nitrogens is 1. The summed E-state index contributed by atoms with van der Waals surface area (Å²) >= 11 is 0. The second-order valence-electron chi connectivity index (χ2n) is 6.16. The summed E-state index contributed by atoms with van der Waals surface area (Å²) < 4.78 is 0. The summed E-state index contributed by atoms with van der Waals surface area (Å²) in [7, 11) is 0. The highest BCUT2D eigenvalue weighted by atomic mass is 16.2. The van der Waals surface area contributed by atoms with Gasteiger partial charge in [-0.1, -0.05) is 42.8 Å². The number of aromatic amines is 1. The van der Waals surface area contributed by atoms with Crippen LogP contribution in [0.5, 0.6) is 0 Å². The molecule has 1 saturated heterocycles. The van der Waals surface area contributed by atoms with Crippen molar-refractivity contribution >= 4 is 5.91 Å². The van der Waals surface area contributed by atoms with E-state index in [-0.39, 0.29) is 17.5 Å². The zero-order valence-corrected chi connectivity index (χ0v) is 13.7. The van der Waals surface area contributed by atoms with Crippen LogP contribution in [0.3, 0.4) is 0 Å². The Kier molecular flexibility index (Phi) is 5.43. The van der Waals surface area contributed by atoms with Crippen molar-refractivity contribution in [1.82, 2.24) is 15.2 Å². The fourth-order valence-corrected chi connectivity index (χ4v) is 3.23. The van der Waals surface area contributed by atoms with Gasteiger partial charge in [0.05, 0.1) is 6.04 Å². The first-order valence-electron chi connectivity index (χ1n) is 8.50. The fraction of sp³-hybridized carbons (Fsp3) is 0.368. The highest BCUT2D eigenvalue weighted by molar-refractivity contribution is 5.92. The van der Waals surface area contributed by atoms with Crippen molar-refractivity contribution in [3.05, 3.63) is 70.1 Å². The molecule has 126 valence electrons. The van der Waals surface area contributed by atoms with Gasteiger partial charge in [0.2, 0.25) is 5.56 Å². The van der Waals surface area contributed by atoms with E-state index in [2.05, 4.69) is 27.3 Å². The molecule has 2 N–H and O–H groups in total. The molecule has 1 aliphatic heterocycles. The molecule has 0 spiro atoms. The van der Waals surface area contributed by atoms with Gasteiger partial charge in [0, 0.05) is 12.6 Å². The number of amides is 1. The number of likely N-dealkylation sites (tertiary alicyclic amines) is 1. The van der Waals surface area contributed by atoms with Gasteiger partial charge in [-0.25, -0.2) is 0 Å². The van der Waals surface area contributed by atoms with Gasteiger partial charge in [0.1, 0.15) is 5.69 Å². The summed E-state index contributed by atoms with van der Waals surface area (Å²) in [5.74, 6) is -0.245. The van der Waals surface area contributed by atoms with Gasteiger partial charge in [-0.3, -0.25) is 14.5 Å². The number of aromatic nitrogens is 1. The number of carbonyl (C=O) groups is 1. The molecule has 0 saturated carbocycles. The first kappa shape index (κ1) is 16.5. The van der Waals surface area contributed by atoms with Crippen LogP contribution in [0.15, 0.2) is 53.3 Å². The Bertz CT molecular complexity index is 721. The second kappa shape index (κ2) is 7.93. The Balaban J connectivity index is 1.72. The molecule has 1 atom stereocenters. The van der Waals surface area contributed by atoms with E-state index < -0.39 is 0 Å². The molecule has 2 heterocycles. The standard InChI is InChI=1S/C19H23N3O2/c23-18-11-7-10-16(21-18)19(24)20-14-17(15-8-3-1-4-9-15)22-12-5-2-6-13-22/h1,3-4,7-11,17H,2,5-6,12-14H2,(H,20,24)(H,21,23)/t17-/m0/s1. The van der Waals surface area contributed by atoms with Crippen molar-refractivity contribution in [2.24, 2.45) is 0 Å². The number of pyridine rings is 1. The zero-order valence-electron chi connectivity index (χ0n) is 13.7. The summed E-state index contributed by atoms with van der Waals surface area (Å²) in [4.78, 5) is 28.7. The number of nitrogens with one attached hydrogen (secondary N) is 2. The van der Waals surface area contributed by atoms with Crippen LogP contribution in [-0.4, -0.2) is 35.4 Å². The number of benzene rings is 1. The number of piperidine rings is 1. The van der Waals surface area contributed by atoms with Gasteiger partial charge in [0.25, 0.3) is 5.91 Å². The first-order chi connectivity index (χ1) is 11.7. The van der Waals surface area contributed by atoms with E-state index >= 15 is 0 Å². The van der Waals surface area contributed by atoms with Gasteiger partial charge in [-0.2, -0.15) is 0 Å². The predicted molar refractivity (Wildman–Crippen MR) is 94.0 cm³/mol. The van der Waals surface area contributed by atoms with E-state index in [1.165, 1.54) is 30.9 Å². The molecular formula is C19H23N3O2. The fourth-order valence-electron chi connectivity index (χ4n) is 3.23. The summed E-state index contributed by atoms with van der Waals surface area (Å²) in [6, 6.07) is 15.0. The van der Waals surface area contributed by atoms with Gasteiger partial charge in [0.15, 0.2) is 0 Å². The molecule has 0 radical (unpaired) electrons. The molecule has 0 bridgehead atoms. The van der Waals surface area contributed by atoms with Gasteiger partial charge < -0.3 is 10.3 Å². The molecule has 5 heteroatoms. The van der Waals surface area contributed by atoms with Crippen LogP contribution in [0.2, 0.25) is 0 Å². The number of hydrogen-bond donors (Lipinski definition) is 2. The molecule has 0 unspecified atom stereocenters. The van der Waals surface area contributed by atoms with Gasteiger partial charge in [-0.05, 0) is 37.6 Å². The Morgan fingerprint density at radius 2 is 1.79 bits per heavy atom. The third-order valence-corrected chi connectivity index (χ3v) is 4.48.